The summed E-state index contributed by atoms with van der Waals surface area (Å²) in [6.45, 7) is 0.326. The molecule has 0 saturated carbocycles. The number of benzene rings is 2. The number of aryl methyl sites for hydroxylation is 1. The Kier molecular flexibility index (Phi) is 4.33. The fraction of sp³-hybridized carbons (Fsp3) is 0.176. The van der Waals surface area contributed by atoms with E-state index in [-0.39, 0.29) is 11.7 Å². The van der Waals surface area contributed by atoms with Gasteiger partial charge in [0.2, 0.25) is 0 Å². The summed E-state index contributed by atoms with van der Waals surface area (Å²) in [5.74, 6) is 0.110. The molecule has 0 aliphatic carbocycles. The average Bonchev–Trinajstić information content (AvgIpc) is 3.00. The van der Waals surface area contributed by atoms with Gasteiger partial charge in [0.1, 0.15) is 5.82 Å². The Labute approximate surface area is 138 Å². The number of amides is 1. The molecule has 6 nitrogen and oxygen atoms in total. The molecule has 3 aromatic rings. The van der Waals surface area contributed by atoms with Crippen molar-refractivity contribution in [1.29, 1.82) is 0 Å². The van der Waals surface area contributed by atoms with Gasteiger partial charge in [0.15, 0.2) is 5.82 Å². The Balaban J connectivity index is 1.81. The van der Waals surface area contributed by atoms with Crippen LogP contribution in [-0.4, -0.2) is 38.1 Å². The fourth-order valence-corrected chi connectivity index (χ4v) is 2.47. The van der Waals surface area contributed by atoms with Crippen LogP contribution in [0.1, 0.15) is 15.9 Å². The molecule has 0 saturated heterocycles. The predicted molar refractivity (Wildman–Crippen MR) is 86.4 cm³/mol. The summed E-state index contributed by atoms with van der Waals surface area (Å²) >= 11 is 0. The Morgan fingerprint density at radius 3 is 2.71 bits per heavy atom. The highest BCUT2D eigenvalue weighted by atomic mass is 19.1. The van der Waals surface area contributed by atoms with Crippen molar-refractivity contribution in [2.24, 2.45) is 7.05 Å². The molecule has 3 rings (SSSR count). The smallest absolute Gasteiger partial charge is 0.253 e. The van der Waals surface area contributed by atoms with Crippen molar-refractivity contribution in [3.63, 3.8) is 0 Å². The topological polar surface area (TPSA) is 63.9 Å². The van der Waals surface area contributed by atoms with Crippen LogP contribution < -0.4 is 0 Å². The van der Waals surface area contributed by atoms with Crippen molar-refractivity contribution >= 4 is 5.91 Å². The van der Waals surface area contributed by atoms with Crippen LogP contribution in [0.4, 0.5) is 4.39 Å². The van der Waals surface area contributed by atoms with E-state index in [1.54, 1.807) is 54.0 Å². The Morgan fingerprint density at radius 2 is 2.00 bits per heavy atom. The maximum atomic E-state index is 13.3. The molecular weight excluding hydrogens is 309 g/mol. The zero-order valence-corrected chi connectivity index (χ0v) is 13.3. The van der Waals surface area contributed by atoms with E-state index in [1.165, 1.54) is 12.1 Å². The molecule has 0 unspecified atom stereocenters. The third kappa shape index (κ3) is 3.29. The van der Waals surface area contributed by atoms with Crippen molar-refractivity contribution in [1.82, 2.24) is 25.1 Å². The normalized spacial score (nSPS) is 10.6. The van der Waals surface area contributed by atoms with Gasteiger partial charge in [-0.3, -0.25) is 4.79 Å². The molecule has 0 spiro atoms. The molecule has 0 atom stereocenters. The van der Waals surface area contributed by atoms with Gasteiger partial charge in [0, 0.05) is 31.8 Å². The molecule has 0 aliphatic rings. The highest BCUT2D eigenvalue weighted by molar-refractivity contribution is 5.95. The number of rotatable bonds is 4. The number of hydrogen-bond donors (Lipinski definition) is 0. The molecule has 1 aromatic heterocycles. The number of carbonyl (C=O) groups is 1. The lowest BCUT2D eigenvalue weighted by atomic mass is 10.1. The SMILES string of the molecule is CN(Cc1cccc(F)c1)C(=O)c1cccc(-c2nnnn2C)c1. The van der Waals surface area contributed by atoms with Crippen LogP contribution in [0.2, 0.25) is 0 Å². The first-order chi connectivity index (χ1) is 11.5. The van der Waals surface area contributed by atoms with Crippen molar-refractivity contribution in [2.75, 3.05) is 7.05 Å². The summed E-state index contributed by atoms with van der Waals surface area (Å²) in [6, 6.07) is 13.3. The lowest BCUT2D eigenvalue weighted by Gasteiger charge is -2.17. The lowest BCUT2D eigenvalue weighted by Crippen LogP contribution is -2.26. The van der Waals surface area contributed by atoms with Crippen molar-refractivity contribution in [2.45, 2.75) is 6.54 Å². The summed E-state index contributed by atoms with van der Waals surface area (Å²) < 4.78 is 14.8. The minimum absolute atomic E-state index is 0.156. The van der Waals surface area contributed by atoms with E-state index in [0.717, 1.165) is 11.1 Å². The molecule has 7 heteroatoms. The minimum atomic E-state index is -0.315. The molecule has 2 aromatic carbocycles. The standard InChI is InChI=1S/C17H16FN5O/c1-22(11-12-5-3-8-15(18)9-12)17(24)14-7-4-6-13(10-14)16-19-20-21-23(16)2/h3-10H,11H2,1-2H3. The predicted octanol–water partition coefficient (Wildman–Crippen LogP) is 2.29. The number of hydrogen-bond acceptors (Lipinski definition) is 4. The second-order valence-corrected chi connectivity index (χ2v) is 5.50. The van der Waals surface area contributed by atoms with E-state index in [1.807, 2.05) is 6.07 Å². The van der Waals surface area contributed by atoms with Gasteiger partial charge in [0.25, 0.3) is 5.91 Å². The van der Waals surface area contributed by atoms with Gasteiger partial charge in [-0.1, -0.05) is 24.3 Å². The van der Waals surface area contributed by atoms with Crippen LogP contribution in [0.15, 0.2) is 48.5 Å². The maximum Gasteiger partial charge on any atom is 0.253 e. The van der Waals surface area contributed by atoms with Gasteiger partial charge in [-0.25, -0.2) is 9.07 Å². The van der Waals surface area contributed by atoms with E-state index in [0.29, 0.717) is 17.9 Å². The summed E-state index contributed by atoms with van der Waals surface area (Å²) in [5, 5.41) is 11.3. The molecular formula is C17H16FN5O. The second kappa shape index (κ2) is 6.57. The average molecular weight is 325 g/mol. The lowest BCUT2D eigenvalue weighted by molar-refractivity contribution is 0.0785. The molecule has 0 fully saturated rings. The van der Waals surface area contributed by atoms with E-state index in [4.69, 9.17) is 0 Å². The quantitative estimate of drug-likeness (QED) is 0.738. The molecule has 24 heavy (non-hydrogen) atoms. The minimum Gasteiger partial charge on any atom is -0.337 e. The van der Waals surface area contributed by atoms with E-state index in [2.05, 4.69) is 15.5 Å². The largest absolute Gasteiger partial charge is 0.337 e. The highest BCUT2D eigenvalue weighted by Crippen LogP contribution is 2.18. The van der Waals surface area contributed by atoms with Crippen LogP contribution in [-0.2, 0) is 13.6 Å². The van der Waals surface area contributed by atoms with E-state index in [9.17, 15) is 9.18 Å². The summed E-state index contributed by atoms with van der Waals surface area (Å²) in [4.78, 5) is 14.2. The van der Waals surface area contributed by atoms with Crippen LogP contribution in [0.25, 0.3) is 11.4 Å². The van der Waals surface area contributed by atoms with Crippen molar-refractivity contribution < 1.29 is 9.18 Å². The molecule has 0 aliphatic heterocycles. The third-order valence-electron chi connectivity index (χ3n) is 3.64. The fourth-order valence-electron chi connectivity index (χ4n) is 2.47. The highest BCUT2D eigenvalue weighted by Gasteiger charge is 2.14. The summed E-state index contributed by atoms with van der Waals surface area (Å²) in [7, 11) is 3.42. The Morgan fingerprint density at radius 1 is 1.21 bits per heavy atom. The molecule has 0 bridgehead atoms. The number of aromatic nitrogens is 4. The van der Waals surface area contributed by atoms with Gasteiger partial charge in [0.05, 0.1) is 0 Å². The summed E-state index contributed by atoms with van der Waals surface area (Å²) in [5.41, 5.74) is 2.02. The van der Waals surface area contributed by atoms with E-state index >= 15 is 0 Å². The first-order valence-electron chi connectivity index (χ1n) is 7.37. The van der Waals surface area contributed by atoms with Crippen LogP contribution in [0.5, 0.6) is 0 Å². The molecule has 1 heterocycles. The first-order valence-corrected chi connectivity index (χ1v) is 7.37. The zero-order chi connectivity index (χ0) is 17.1. The van der Waals surface area contributed by atoms with Gasteiger partial charge >= 0.3 is 0 Å². The van der Waals surface area contributed by atoms with Crippen LogP contribution >= 0.6 is 0 Å². The third-order valence-corrected chi connectivity index (χ3v) is 3.64. The number of carbonyl (C=O) groups excluding carboxylic acids is 1. The number of nitrogens with zero attached hydrogens (tertiary/aromatic N) is 5. The molecule has 1 amide bonds. The first kappa shape index (κ1) is 15.8. The number of halogens is 1. The zero-order valence-electron chi connectivity index (χ0n) is 13.3. The van der Waals surface area contributed by atoms with Gasteiger partial charge in [-0.2, -0.15) is 0 Å². The molecule has 0 N–H and O–H groups in total. The van der Waals surface area contributed by atoms with Gasteiger partial charge < -0.3 is 4.90 Å². The van der Waals surface area contributed by atoms with Crippen LogP contribution in [0.3, 0.4) is 0 Å². The van der Waals surface area contributed by atoms with Gasteiger partial charge in [-0.15, -0.1) is 5.10 Å². The second-order valence-electron chi connectivity index (χ2n) is 5.50. The maximum absolute atomic E-state index is 13.3. The van der Waals surface area contributed by atoms with Crippen molar-refractivity contribution in [3.05, 3.63) is 65.5 Å². The Bertz CT molecular complexity index is 877. The van der Waals surface area contributed by atoms with Crippen molar-refractivity contribution in [3.8, 4) is 11.4 Å². The monoisotopic (exact) mass is 325 g/mol. The number of tetrazole rings is 1. The Hall–Kier alpha value is -3.09. The van der Waals surface area contributed by atoms with E-state index < -0.39 is 0 Å². The summed E-state index contributed by atoms with van der Waals surface area (Å²) in [6.07, 6.45) is 0. The van der Waals surface area contributed by atoms with Crippen LogP contribution in [0, 0.1) is 5.82 Å². The molecule has 0 radical (unpaired) electrons. The van der Waals surface area contributed by atoms with Gasteiger partial charge in [-0.05, 0) is 40.3 Å². The molecule has 122 valence electrons.